The molecule has 0 radical (unpaired) electrons. The summed E-state index contributed by atoms with van der Waals surface area (Å²) in [4.78, 5) is 29.6. The number of carbonyl (C=O) groups excluding carboxylic acids is 2. The molecule has 3 fully saturated rings. The maximum atomic E-state index is 13.4. The van der Waals surface area contributed by atoms with Gasteiger partial charge in [-0.3, -0.25) is 9.59 Å². The van der Waals surface area contributed by atoms with Crippen LogP contribution in [0.25, 0.3) is 11.0 Å². The van der Waals surface area contributed by atoms with Crippen LogP contribution in [0.4, 0.5) is 4.39 Å². The zero-order valence-electron chi connectivity index (χ0n) is 19.8. The number of nitrogens with zero attached hydrogens (tertiary/aromatic N) is 3. The molecule has 0 spiro atoms. The Morgan fingerprint density at radius 3 is 2.71 bits per heavy atom. The van der Waals surface area contributed by atoms with Crippen molar-refractivity contribution in [3.63, 3.8) is 0 Å². The van der Waals surface area contributed by atoms with Gasteiger partial charge in [0.05, 0.1) is 5.69 Å². The van der Waals surface area contributed by atoms with Crippen molar-refractivity contribution in [3.8, 4) is 0 Å². The van der Waals surface area contributed by atoms with E-state index in [0.29, 0.717) is 30.6 Å². The lowest BCUT2D eigenvalue weighted by Crippen LogP contribution is -2.51. The van der Waals surface area contributed by atoms with Crippen LogP contribution in [-0.4, -0.2) is 65.5 Å². The van der Waals surface area contributed by atoms with Crippen LogP contribution in [0.3, 0.4) is 0 Å². The van der Waals surface area contributed by atoms with E-state index >= 15 is 0 Å². The predicted molar refractivity (Wildman–Crippen MR) is 127 cm³/mol. The third-order valence-electron chi connectivity index (χ3n) is 8.05. The lowest BCUT2D eigenvalue weighted by Gasteiger charge is -2.44. The molecular weight excluding hydrogens is 435 g/mol. The summed E-state index contributed by atoms with van der Waals surface area (Å²) in [5.41, 5.74) is 1.31. The van der Waals surface area contributed by atoms with Gasteiger partial charge in [0.15, 0.2) is 5.58 Å². The highest BCUT2D eigenvalue weighted by Gasteiger charge is 2.33. The van der Waals surface area contributed by atoms with E-state index in [1.54, 1.807) is 6.07 Å². The number of carbonyl (C=O) groups is 2. The summed E-state index contributed by atoms with van der Waals surface area (Å²) in [6.45, 7) is 4.41. The fourth-order valence-electron chi connectivity index (χ4n) is 6.15. The number of rotatable bonds is 6. The number of halogens is 1. The molecule has 1 N–H and O–H groups in total. The smallest absolute Gasteiger partial charge is 0.223 e. The van der Waals surface area contributed by atoms with Crippen molar-refractivity contribution < 1.29 is 18.5 Å². The maximum Gasteiger partial charge on any atom is 0.223 e. The first-order valence-corrected chi connectivity index (χ1v) is 12.9. The van der Waals surface area contributed by atoms with Crippen LogP contribution in [0, 0.1) is 11.7 Å². The van der Waals surface area contributed by atoms with Crippen LogP contribution in [0.15, 0.2) is 22.7 Å². The number of likely N-dealkylation sites (tertiary alicyclic amines) is 1. The molecule has 5 rings (SSSR count). The van der Waals surface area contributed by atoms with Gasteiger partial charge in [0.2, 0.25) is 11.8 Å². The Hall–Kier alpha value is -2.48. The van der Waals surface area contributed by atoms with E-state index in [2.05, 4.69) is 15.4 Å². The average Bonchev–Trinajstić information content (AvgIpc) is 3.29. The van der Waals surface area contributed by atoms with Gasteiger partial charge in [-0.05, 0) is 69.7 Å². The zero-order valence-corrected chi connectivity index (χ0v) is 19.8. The molecule has 0 unspecified atom stereocenters. The molecule has 2 atom stereocenters. The molecule has 8 heteroatoms. The number of amides is 2. The zero-order chi connectivity index (χ0) is 23.5. The van der Waals surface area contributed by atoms with Crippen LogP contribution in [0.5, 0.6) is 0 Å². The average molecular weight is 471 g/mol. The summed E-state index contributed by atoms with van der Waals surface area (Å²) < 4.78 is 18.7. The summed E-state index contributed by atoms with van der Waals surface area (Å²) in [6.07, 6.45) is 8.31. The molecule has 7 nitrogen and oxygen atoms in total. The van der Waals surface area contributed by atoms with E-state index in [1.807, 2.05) is 4.90 Å². The van der Waals surface area contributed by atoms with Gasteiger partial charge in [-0.2, -0.15) is 0 Å². The molecule has 34 heavy (non-hydrogen) atoms. The predicted octanol–water partition coefficient (Wildman–Crippen LogP) is 3.83. The lowest BCUT2D eigenvalue weighted by molar-refractivity contribution is -0.134. The van der Waals surface area contributed by atoms with Gasteiger partial charge >= 0.3 is 0 Å². The number of hydrogen-bond donors (Lipinski definition) is 1. The Labute approximate surface area is 200 Å². The van der Waals surface area contributed by atoms with Crippen LogP contribution in [0.2, 0.25) is 0 Å². The third kappa shape index (κ3) is 5.11. The van der Waals surface area contributed by atoms with Crippen molar-refractivity contribution in [1.29, 1.82) is 0 Å². The molecule has 3 saturated heterocycles. The highest BCUT2D eigenvalue weighted by molar-refractivity contribution is 5.84. The van der Waals surface area contributed by atoms with Gasteiger partial charge in [0.25, 0.3) is 0 Å². The fourth-order valence-corrected chi connectivity index (χ4v) is 6.15. The molecule has 184 valence electrons. The first-order chi connectivity index (χ1) is 16.6. The number of aromatic nitrogens is 1. The quantitative estimate of drug-likeness (QED) is 0.694. The number of piperidine rings is 3. The number of hydrogen-bond acceptors (Lipinski definition) is 5. The van der Waals surface area contributed by atoms with Gasteiger partial charge < -0.3 is 19.6 Å². The minimum atomic E-state index is -0.339. The van der Waals surface area contributed by atoms with Crippen LogP contribution < -0.4 is 5.32 Å². The van der Waals surface area contributed by atoms with Gasteiger partial charge in [-0.15, -0.1) is 0 Å². The molecule has 2 amide bonds. The van der Waals surface area contributed by atoms with Gasteiger partial charge in [0.1, 0.15) is 5.82 Å². The van der Waals surface area contributed by atoms with E-state index in [1.165, 1.54) is 57.3 Å². The molecule has 0 aliphatic carbocycles. The van der Waals surface area contributed by atoms with Crippen molar-refractivity contribution in [2.75, 3.05) is 32.7 Å². The summed E-state index contributed by atoms with van der Waals surface area (Å²) in [5.74, 6) is 0.411. The minimum absolute atomic E-state index is 0.0162. The molecule has 3 aliphatic rings. The first kappa shape index (κ1) is 23.3. The summed E-state index contributed by atoms with van der Waals surface area (Å²) in [7, 11) is 0. The molecule has 3 aliphatic heterocycles. The number of benzene rings is 1. The molecule has 1 aromatic heterocycles. The Kier molecular flexibility index (Phi) is 7.13. The molecule has 4 heterocycles. The first-order valence-electron chi connectivity index (χ1n) is 12.9. The van der Waals surface area contributed by atoms with E-state index in [0.717, 1.165) is 30.5 Å². The second-order valence-corrected chi connectivity index (χ2v) is 10.2. The monoisotopic (exact) mass is 470 g/mol. The summed E-state index contributed by atoms with van der Waals surface area (Å²) in [6, 6.07) is 5.11. The van der Waals surface area contributed by atoms with E-state index in [9.17, 15) is 14.0 Å². The van der Waals surface area contributed by atoms with Crippen molar-refractivity contribution in [2.45, 2.75) is 69.7 Å². The summed E-state index contributed by atoms with van der Waals surface area (Å²) in [5, 5.41) is 8.13. The Morgan fingerprint density at radius 2 is 1.85 bits per heavy atom. The van der Waals surface area contributed by atoms with Gasteiger partial charge in [0, 0.05) is 55.9 Å². The number of fused-ring (bicyclic) bond motifs is 2. The van der Waals surface area contributed by atoms with Crippen molar-refractivity contribution in [1.82, 2.24) is 20.3 Å². The Morgan fingerprint density at radius 1 is 1.03 bits per heavy atom. The third-order valence-corrected chi connectivity index (χ3v) is 8.05. The largest absolute Gasteiger partial charge is 0.356 e. The van der Waals surface area contributed by atoms with Crippen molar-refractivity contribution in [2.24, 2.45) is 5.92 Å². The van der Waals surface area contributed by atoms with E-state index in [-0.39, 0.29) is 36.4 Å². The van der Waals surface area contributed by atoms with Crippen molar-refractivity contribution >= 4 is 22.8 Å². The summed E-state index contributed by atoms with van der Waals surface area (Å²) >= 11 is 0. The molecule has 0 saturated carbocycles. The highest BCUT2D eigenvalue weighted by Crippen LogP contribution is 2.33. The number of nitrogens with one attached hydrogen (secondary N) is 1. The molecule has 1 aromatic carbocycles. The SMILES string of the molecule is O=C(CCC(=O)N1CCC(c2noc3cc(F)ccc23)CC1)NC[C@H]1CCCN2CCCC[C@H]12. The second kappa shape index (κ2) is 10.4. The van der Waals surface area contributed by atoms with Crippen molar-refractivity contribution in [3.05, 3.63) is 29.7 Å². The van der Waals surface area contributed by atoms with Crippen LogP contribution >= 0.6 is 0 Å². The van der Waals surface area contributed by atoms with Crippen LogP contribution in [0.1, 0.15) is 69.4 Å². The molecular formula is C26H35FN4O3. The maximum absolute atomic E-state index is 13.4. The normalized spacial score (nSPS) is 24.2. The standard InChI is InChI=1S/C26H35FN4O3/c27-20-6-7-21-23(16-20)34-29-26(21)18-10-14-31(15-11-18)25(33)9-8-24(32)28-17-19-4-3-13-30-12-2-1-5-22(19)30/h6-7,16,18-19,22H,1-5,8-15,17H2,(H,28,32)/t19-,22-/m1/s1. The Balaban J connectivity index is 1.05. The van der Waals surface area contributed by atoms with E-state index < -0.39 is 0 Å². The van der Waals surface area contributed by atoms with Crippen LogP contribution in [-0.2, 0) is 9.59 Å². The van der Waals surface area contributed by atoms with E-state index in [4.69, 9.17) is 4.52 Å². The van der Waals surface area contributed by atoms with Gasteiger partial charge in [-0.25, -0.2) is 4.39 Å². The second-order valence-electron chi connectivity index (χ2n) is 10.2. The topological polar surface area (TPSA) is 78.7 Å². The lowest BCUT2D eigenvalue weighted by atomic mass is 9.83. The highest BCUT2D eigenvalue weighted by atomic mass is 19.1. The minimum Gasteiger partial charge on any atom is -0.356 e. The molecule has 0 bridgehead atoms. The Bertz CT molecular complexity index is 1010. The molecule has 2 aromatic rings. The van der Waals surface area contributed by atoms with Gasteiger partial charge in [-0.1, -0.05) is 11.6 Å². The fraction of sp³-hybridized carbons (Fsp3) is 0.654.